The van der Waals surface area contributed by atoms with Crippen molar-refractivity contribution in [2.75, 3.05) is 13.2 Å². The van der Waals surface area contributed by atoms with Gasteiger partial charge in [-0.05, 0) is 48.4 Å². The second-order valence-electron chi connectivity index (χ2n) is 7.39. The van der Waals surface area contributed by atoms with E-state index in [0.29, 0.717) is 36.2 Å². The fraction of sp³-hybridized carbons (Fsp3) is 0.455. The number of thiophene rings is 1. The molecule has 2 heterocycles. The Labute approximate surface area is 169 Å². The molecule has 1 aromatic carbocycles. The summed E-state index contributed by atoms with van der Waals surface area (Å²) in [4.78, 5) is 26.3. The molecule has 1 aromatic heterocycles. The van der Waals surface area contributed by atoms with E-state index in [-0.39, 0.29) is 30.6 Å². The number of hydrogen-bond donors (Lipinski definition) is 1. The smallest absolute Gasteiger partial charge is 0.220 e. The van der Waals surface area contributed by atoms with Gasteiger partial charge in [-0.1, -0.05) is 18.9 Å². The van der Waals surface area contributed by atoms with Gasteiger partial charge in [-0.25, -0.2) is 0 Å². The lowest BCUT2D eigenvalue weighted by atomic mass is 9.96. The molecular formula is C22H25NO4S. The quantitative estimate of drug-likeness (QED) is 0.695. The summed E-state index contributed by atoms with van der Waals surface area (Å²) in [5, 5.41) is 5.24. The lowest BCUT2D eigenvalue weighted by molar-refractivity contribution is -0.122. The maximum atomic E-state index is 12.6. The highest BCUT2D eigenvalue weighted by atomic mass is 32.1. The van der Waals surface area contributed by atoms with Crippen molar-refractivity contribution in [1.82, 2.24) is 5.32 Å². The lowest BCUT2D eigenvalue weighted by Crippen LogP contribution is -2.32. The van der Waals surface area contributed by atoms with Gasteiger partial charge in [0.25, 0.3) is 0 Å². The third-order valence-corrected chi connectivity index (χ3v) is 6.44. The van der Waals surface area contributed by atoms with E-state index < -0.39 is 0 Å². The first-order chi connectivity index (χ1) is 13.7. The number of carbonyl (C=O) groups excluding carboxylic acids is 2. The third kappa shape index (κ3) is 4.38. The fourth-order valence-electron chi connectivity index (χ4n) is 4.01. The van der Waals surface area contributed by atoms with Crippen molar-refractivity contribution in [3.05, 3.63) is 46.2 Å². The van der Waals surface area contributed by atoms with Crippen LogP contribution in [0.5, 0.6) is 11.5 Å². The zero-order valence-corrected chi connectivity index (χ0v) is 16.6. The van der Waals surface area contributed by atoms with Gasteiger partial charge >= 0.3 is 0 Å². The number of ether oxygens (including phenoxy) is 2. The van der Waals surface area contributed by atoms with Crippen LogP contribution in [0.4, 0.5) is 0 Å². The summed E-state index contributed by atoms with van der Waals surface area (Å²) in [7, 11) is 0. The van der Waals surface area contributed by atoms with Gasteiger partial charge in [-0.3, -0.25) is 9.59 Å². The molecule has 1 atom stereocenters. The van der Waals surface area contributed by atoms with E-state index in [0.717, 1.165) is 12.8 Å². The summed E-state index contributed by atoms with van der Waals surface area (Å²) in [5.41, 5.74) is 0.558. The molecule has 1 amide bonds. The SMILES string of the molecule is O=C(CCC(=O)c1ccc2c(c1)OCCO2)N[C@H](c1cccs1)C1CCCC1. The van der Waals surface area contributed by atoms with Crippen LogP contribution >= 0.6 is 11.3 Å². The van der Waals surface area contributed by atoms with Crippen molar-refractivity contribution in [2.24, 2.45) is 5.92 Å². The summed E-state index contributed by atoms with van der Waals surface area (Å²) < 4.78 is 11.0. The van der Waals surface area contributed by atoms with Crippen molar-refractivity contribution >= 4 is 23.0 Å². The number of rotatable bonds is 7. The van der Waals surface area contributed by atoms with Gasteiger partial charge in [-0.15, -0.1) is 11.3 Å². The Balaban J connectivity index is 1.35. The van der Waals surface area contributed by atoms with Gasteiger partial charge < -0.3 is 14.8 Å². The Hall–Kier alpha value is -2.34. The molecule has 2 aromatic rings. The molecule has 0 saturated heterocycles. The minimum atomic E-state index is -0.0591. The predicted molar refractivity (Wildman–Crippen MR) is 108 cm³/mol. The molecule has 2 aliphatic rings. The van der Waals surface area contributed by atoms with Crippen LogP contribution in [0.25, 0.3) is 0 Å². The average molecular weight is 400 g/mol. The van der Waals surface area contributed by atoms with Gasteiger partial charge in [-0.2, -0.15) is 0 Å². The standard InChI is InChI=1S/C22H25NO4S/c24-17(16-7-9-18-19(14-16)27-12-11-26-18)8-10-21(25)23-22(15-4-1-2-5-15)20-6-3-13-28-20/h3,6-7,9,13-15,22H,1-2,4-5,8,10-12H2,(H,23,25)/t22-/m0/s1. The fourth-order valence-corrected chi connectivity index (χ4v) is 4.88. The molecule has 0 unspecified atom stereocenters. The van der Waals surface area contributed by atoms with E-state index >= 15 is 0 Å². The summed E-state index contributed by atoms with van der Waals surface area (Å²) in [6, 6.07) is 9.39. The van der Waals surface area contributed by atoms with Gasteiger partial charge in [0.15, 0.2) is 17.3 Å². The van der Waals surface area contributed by atoms with Gasteiger partial charge in [0.2, 0.25) is 5.91 Å². The van der Waals surface area contributed by atoms with Crippen molar-refractivity contribution in [3.8, 4) is 11.5 Å². The maximum Gasteiger partial charge on any atom is 0.220 e. The number of Topliss-reactive ketones (excluding diaryl/α,β-unsaturated/α-hetero) is 1. The minimum Gasteiger partial charge on any atom is -0.486 e. The Kier molecular flexibility index (Phi) is 5.95. The summed E-state index contributed by atoms with van der Waals surface area (Å²) in [6.45, 7) is 1.01. The van der Waals surface area contributed by atoms with Crippen molar-refractivity contribution in [3.63, 3.8) is 0 Å². The van der Waals surface area contributed by atoms with Crippen LogP contribution in [-0.4, -0.2) is 24.9 Å². The summed E-state index contributed by atoms with van der Waals surface area (Å²) in [6.07, 6.45) is 5.14. The molecule has 1 saturated carbocycles. The van der Waals surface area contributed by atoms with Crippen LogP contribution in [-0.2, 0) is 4.79 Å². The van der Waals surface area contributed by atoms with Gasteiger partial charge in [0.1, 0.15) is 13.2 Å². The molecule has 1 aliphatic heterocycles. The highest BCUT2D eigenvalue weighted by molar-refractivity contribution is 7.10. The molecule has 28 heavy (non-hydrogen) atoms. The zero-order chi connectivity index (χ0) is 19.3. The van der Waals surface area contributed by atoms with Crippen LogP contribution in [0.1, 0.15) is 59.8 Å². The molecule has 148 valence electrons. The monoisotopic (exact) mass is 399 g/mol. The van der Waals surface area contributed by atoms with E-state index in [9.17, 15) is 9.59 Å². The number of ketones is 1. The number of amides is 1. The molecular weight excluding hydrogens is 374 g/mol. The highest BCUT2D eigenvalue weighted by Gasteiger charge is 2.28. The minimum absolute atomic E-state index is 0.0549. The molecule has 1 aliphatic carbocycles. The zero-order valence-electron chi connectivity index (χ0n) is 15.8. The van der Waals surface area contributed by atoms with Crippen LogP contribution in [0.2, 0.25) is 0 Å². The molecule has 0 radical (unpaired) electrons. The maximum absolute atomic E-state index is 12.6. The van der Waals surface area contributed by atoms with E-state index in [2.05, 4.69) is 16.8 Å². The normalized spacial score (nSPS) is 17.3. The number of benzene rings is 1. The van der Waals surface area contributed by atoms with Crippen molar-refractivity contribution in [2.45, 2.75) is 44.6 Å². The molecule has 1 fully saturated rings. The lowest BCUT2D eigenvalue weighted by Gasteiger charge is -2.23. The first-order valence-electron chi connectivity index (χ1n) is 9.96. The van der Waals surface area contributed by atoms with Crippen LogP contribution in [0, 0.1) is 5.92 Å². The van der Waals surface area contributed by atoms with E-state index in [1.807, 2.05) is 6.07 Å². The van der Waals surface area contributed by atoms with Crippen LogP contribution in [0.3, 0.4) is 0 Å². The molecule has 0 spiro atoms. The first-order valence-corrected chi connectivity index (χ1v) is 10.8. The number of nitrogens with one attached hydrogen (secondary N) is 1. The Morgan fingerprint density at radius 2 is 1.86 bits per heavy atom. The number of hydrogen-bond acceptors (Lipinski definition) is 5. The Bertz CT molecular complexity index is 827. The van der Waals surface area contributed by atoms with Crippen molar-refractivity contribution < 1.29 is 19.1 Å². The largest absolute Gasteiger partial charge is 0.486 e. The molecule has 4 rings (SSSR count). The summed E-state index contributed by atoms with van der Waals surface area (Å²) >= 11 is 1.69. The van der Waals surface area contributed by atoms with Crippen molar-refractivity contribution in [1.29, 1.82) is 0 Å². The first kappa shape index (κ1) is 19.0. The number of fused-ring (bicyclic) bond motifs is 1. The predicted octanol–water partition coefficient (Wildman–Crippen LogP) is 4.53. The Morgan fingerprint density at radius 3 is 2.61 bits per heavy atom. The van der Waals surface area contributed by atoms with E-state index in [4.69, 9.17) is 9.47 Å². The molecule has 1 N–H and O–H groups in total. The molecule has 5 nitrogen and oxygen atoms in total. The van der Waals surface area contributed by atoms with Gasteiger partial charge in [0, 0.05) is 23.3 Å². The van der Waals surface area contributed by atoms with Crippen LogP contribution < -0.4 is 14.8 Å². The van der Waals surface area contributed by atoms with E-state index in [1.165, 1.54) is 17.7 Å². The molecule has 6 heteroatoms. The van der Waals surface area contributed by atoms with E-state index in [1.54, 1.807) is 29.5 Å². The average Bonchev–Trinajstić information content (AvgIpc) is 3.44. The summed E-state index contributed by atoms with van der Waals surface area (Å²) in [5.74, 6) is 1.64. The Morgan fingerprint density at radius 1 is 1.07 bits per heavy atom. The second-order valence-corrected chi connectivity index (χ2v) is 8.37. The van der Waals surface area contributed by atoms with Crippen LogP contribution in [0.15, 0.2) is 35.7 Å². The topological polar surface area (TPSA) is 64.6 Å². The number of carbonyl (C=O) groups is 2. The molecule has 0 bridgehead atoms. The third-order valence-electron chi connectivity index (χ3n) is 5.48. The highest BCUT2D eigenvalue weighted by Crippen LogP contribution is 2.37. The van der Waals surface area contributed by atoms with Gasteiger partial charge in [0.05, 0.1) is 6.04 Å². The second kappa shape index (κ2) is 8.78.